The van der Waals surface area contributed by atoms with Crippen molar-refractivity contribution in [3.05, 3.63) is 52.5 Å². The number of carbonyl (C=O) groups excluding carboxylic acids is 1. The summed E-state index contributed by atoms with van der Waals surface area (Å²) in [6.07, 6.45) is 3.06. The molecule has 2 aromatic heterocycles. The minimum absolute atomic E-state index is 0.0567. The number of piperidine rings is 1. The molecular formula is C19H20BrFN6O. The molecule has 0 unspecified atom stereocenters. The minimum atomic E-state index is -0.298. The zero-order valence-corrected chi connectivity index (χ0v) is 17.0. The molecule has 9 heteroatoms. The maximum Gasteiger partial charge on any atom is 0.225 e. The first kappa shape index (κ1) is 18.8. The van der Waals surface area contributed by atoms with Gasteiger partial charge in [-0.25, -0.2) is 4.39 Å². The van der Waals surface area contributed by atoms with E-state index in [0.29, 0.717) is 11.2 Å². The van der Waals surface area contributed by atoms with Gasteiger partial charge in [-0.15, -0.1) is 15.3 Å². The third-order valence-electron chi connectivity index (χ3n) is 5.11. The van der Waals surface area contributed by atoms with Crippen molar-refractivity contribution < 1.29 is 9.18 Å². The largest absolute Gasteiger partial charge is 0.355 e. The van der Waals surface area contributed by atoms with Crippen molar-refractivity contribution in [1.29, 1.82) is 0 Å². The fourth-order valence-corrected chi connectivity index (χ4v) is 3.96. The Morgan fingerprint density at radius 2 is 2.07 bits per heavy atom. The quantitative estimate of drug-likeness (QED) is 0.616. The molecule has 0 atom stereocenters. The summed E-state index contributed by atoms with van der Waals surface area (Å²) in [4.78, 5) is 16.6. The lowest BCUT2D eigenvalue weighted by Gasteiger charge is -2.33. The van der Waals surface area contributed by atoms with E-state index in [1.54, 1.807) is 34.9 Å². The second kappa shape index (κ2) is 7.83. The number of anilines is 1. The summed E-state index contributed by atoms with van der Waals surface area (Å²) in [5.41, 5.74) is 1.21. The second-order valence-corrected chi connectivity index (χ2v) is 7.93. The van der Waals surface area contributed by atoms with E-state index in [1.807, 2.05) is 12.1 Å². The van der Waals surface area contributed by atoms with Crippen molar-refractivity contribution in [3.63, 3.8) is 0 Å². The zero-order valence-electron chi connectivity index (χ0n) is 15.4. The zero-order chi connectivity index (χ0) is 19.7. The Morgan fingerprint density at radius 1 is 1.29 bits per heavy atom. The molecule has 1 amide bonds. The first-order valence-electron chi connectivity index (χ1n) is 9.12. The summed E-state index contributed by atoms with van der Waals surface area (Å²) in [5.74, 6) is 0.548. The SMILES string of the molecule is CN(Cc1cc(Br)ccc1F)C(=O)C1CCN(c2ccc3nncn3n2)CC1. The number of hydrogen-bond donors (Lipinski definition) is 0. The number of rotatable bonds is 4. The maximum atomic E-state index is 14.0. The monoisotopic (exact) mass is 446 g/mol. The van der Waals surface area contributed by atoms with E-state index in [2.05, 4.69) is 36.1 Å². The van der Waals surface area contributed by atoms with Gasteiger partial charge in [-0.1, -0.05) is 15.9 Å². The molecule has 4 rings (SSSR count). The highest BCUT2D eigenvalue weighted by molar-refractivity contribution is 9.10. The predicted molar refractivity (Wildman–Crippen MR) is 106 cm³/mol. The van der Waals surface area contributed by atoms with Gasteiger partial charge >= 0.3 is 0 Å². The number of aromatic nitrogens is 4. The summed E-state index contributed by atoms with van der Waals surface area (Å²) in [5, 5.41) is 12.3. The number of amides is 1. The van der Waals surface area contributed by atoms with Crippen LogP contribution in [0.2, 0.25) is 0 Å². The van der Waals surface area contributed by atoms with Crippen LogP contribution in [0.15, 0.2) is 41.1 Å². The molecule has 0 N–H and O–H groups in total. The summed E-state index contributed by atoms with van der Waals surface area (Å²) in [6.45, 7) is 1.75. The highest BCUT2D eigenvalue weighted by Crippen LogP contribution is 2.24. The third kappa shape index (κ3) is 3.84. The van der Waals surface area contributed by atoms with Crippen molar-refractivity contribution in [3.8, 4) is 0 Å². The van der Waals surface area contributed by atoms with Gasteiger partial charge in [0.1, 0.15) is 18.0 Å². The van der Waals surface area contributed by atoms with Crippen LogP contribution in [0.3, 0.4) is 0 Å². The normalized spacial score (nSPS) is 15.2. The Balaban J connectivity index is 1.37. The molecule has 3 aromatic rings. The molecule has 1 aliphatic rings. The Bertz CT molecular complexity index is 1000. The van der Waals surface area contributed by atoms with Crippen LogP contribution in [0.4, 0.5) is 10.2 Å². The molecule has 7 nitrogen and oxygen atoms in total. The fourth-order valence-electron chi connectivity index (χ4n) is 3.55. The molecule has 0 bridgehead atoms. The molecule has 0 saturated carbocycles. The second-order valence-electron chi connectivity index (χ2n) is 7.02. The maximum absolute atomic E-state index is 14.0. The van der Waals surface area contributed by atoms with Gasteiger partial charge < -0.3 is 9.80 Å². The molecule has 1 saturated heterocycles. The number of nitrogens with zero attached hydrogens (tertiary/aromatic N) is 6. The Kier molecular flexibility index (Phi) is 5.25. The number of halogens is 2. The first-order valence-corrected chi connectivity index (χ1v) is 9.91. The topological polar surface area (TPSA) is 66.6 Å². The number of carbonyl (C=O) groups is 1. The molecule has 0 aliphatic carbocycles. The van der Waals surface area contributed by atoms with E-state index in [1.165, 1.54) is 6.07 Å². The third-order valence-corrected chi connectivity index (χ3v) is 5.60. The van der Waals surface area contributed by atoms with Gasteiger partial charge in [0.15, 0.2) is 5.65 Å². The summed E-state index contributed by atoms with van der Waals surface area (Å²) in [7, 11) is 1.73. The first-order chi connectivity index (χ1) is 13.5. The minimum Gasteiger partial charge on any atom is -0.355 e. The van der Waals surface area contributed by atoms with Gasteiger partial charge in [-0.05, 0) is 43.2 Å². The lowest BCUT2D eigenvalue weighted by atomic mass is 9.95. The van der Waals surface area contributed by atoms with Crippen molar-refractivity contribution in [2.45, 2.75) is 19.4 Å². The van der Waals surface area contributed by atoms with Crippen LogP contribution in [-0.4, -0.2) is 50.8 Å². The molecule has 1 fully saturated rings. The predicted octanol–water partition coefficient (Wildman–Crippen LogP) is 2.90. The van der Waals surface area contributed by atoms with E-state index in [0.717, 1.165) is 36.2 Å². The lowest BCUT2D eigenvalue weighted by molar-refractivity contribution is -0.135. The summed E-state index contributed by atoms with van der Waals surface area (Å²) < 4.78 is 16.4. The molecular weight excluding hydrogens is 427 g/mol. The standard InChI is InChI=1S/C19H20BrFN6O/c1-25(11-14-10-15(20)2-3-16(14)21)19(28)13-6-8-26(9-7-13)18-5-4-17-23-22-12-27(17)24-18/h2-5,10,12-13H,6-9,11H2,1H3. The number of benzene rings is 1. The number of hydrogen-bond acceptors (Lipinski definition) is 5. The van der Waals surface area contributed by atoms with Gasteiger partial charge in [0.05, 0.1) is 0 Å². The molecule has 146 valence electrons. The Morgan fingerprint density at radius 3 is 2.86 bits per heavy atom. The van der Waals surface area contributed by atoms with Crippen molar-refractivity contribution in [2.24, 2.45) is 5.92 Å². The fraction of sp³-hybridized carbons (Fsp3) is 0.368. The van der Waals surface area contributed by atoms with Crippen LogP contribution < -0.4 is 4.90 Å². The van der Waals surface area contributed by atoms with Crippen molar-refractivity contribution >= 4 is 33.3 Å². The average Bonchev–Trinajstić information content (AvgIpc) is 3.18. The van der Waals surface area contributed by atoms with Crippen molar-refractivity contribution in [1.82, 2.24) is 24.7 Å². The van der Waals surface area contributed by atoms with Gasteiger partial charge in [-0.3, -0.25) is 4.79 Å². The molecule has 1 aliphatic heterocycles. The van der Waals surface area contributed by atoms with Gasteiger partial charge in [0.2, 0.25) is 5.91 Å². The Hall–Kier alpha value is -2.55. The molecule has 0 radical (unpaired) electrons. The molecule has 28 heavy (non-hydrogen) atoms. The van der Waals surface area contributed by atoms with Crippen LogP contribution in [0.25, 0.3) is 5.65 Å². The van der Waals surface area contributed by atoms with E-state index < -0.39 is 0 Å². The summed E-state index contributed by atoms with van der Waals surface area (Å²) >= 11 is 3.35. The van der Waals surface area contributed by atoms with Crippen LogP contribution in [0.5, 0.6) is 0 Å². The highest BCUT2D eigenvalue weighted by atomic mass is 79.9. The lowest BCUT2D eigenvalue weighted by Crippen LogP contribution is -2.41. The van der Waals surface area contributed by atoms with E-state index in [4.69, 9.17) is 0 Å². The molecule has 1 aromatic carbocycles. The number of fused-ring (bicyclic) bond motifs is 1. The molecule has 3 heterocycles. The van der Waals surface area contributed by atoms with E-state index in [9.17, 15) is 9.18 Å². The van der Waals surface area contributed by atoms with Gasteiger partial charge in [0.25, 0.3) is 0 Å². The average molecular weight is 447 g/mol. The van der Waals surface area contributed by atoms with Crippen molar-refractivity contribution in [2.75, 3.05) is 25.0 Å². The van der Waals surface area contributed by atoms with Gasteiger partial charge in [-0.2, -0.15) is 4.52 Å². The van der Waals surface area contributed by atoms with Crippen LogP contribution >= 0.6 is 15.9 Å². The highest BCUT2D eigenvalue weighted by Gasteiger charge is 2.28. The van der Waals surface area contributed by atoms with Crippen LogP contribution in [0, 0.1) is 11.7 Å². The van der Waals surface area contributed by atoms with Crippen LogP contribution in [-0.2, 0) is 11.3 Å². The van der Waals surface area contributed by atoms with Crippen LogP contribution in [0.1, 0.15) is 18.4 Å². The molecule has 0 spiro atoms. The van der Waals surface area contributed by atoms with E-state index >= 15 is 0 Å². The van der Waals surface area contributed by atoms with E-state index in [-0.39, 0.29) is 24.2 Å². The van der Waals surface area contributed by atoms with Gasteiger partial charge in [0, 0.05) is 42.6 Å². The Labute approximate surface area is 170 Å². The summed E-state index contributed by atoms with van der Waals surface area (Å²) in [6, 6.07) is 8.59. The smallest absolute Gasteiger partial charge is 0.225 e.